The summed E-state index contributed by atoms with van der Waals surface area (Å²) in [5.74, 6) is -0.196. The third-order valence-electron chi connectivity index (χ3n) is 2.98. The molecule has 100 valence electrons. The molecule has 1 aromatic carbocycles. The van der Waals surface area contributed by atoms with E-state index in [-0.39, 0.29) is 5.91 Å². The lowest BCUT2D eigenvalue weighted by Gasteiger charge is -2.29. The summed E-state index contributed by atoms with van der Waals surface area (Å²) in [6.45, 7) is 5.70. The number of amides is 1. The lowest BCUT2D eigenvalue weighted by Crippen LogP contribution is -2.50. The van der Waals surface area contributed by atoms with Crippen LogP contribution in [0.1, 0.15) is 36.7 Å². The summed E-state index contributed by atoms with van der Waals surface area (Å²) in [5, 5.41) is 12.4. The number of aliphatic hydroxyl groups is 1. The van der Waals surface area contributed by atoms with Gasteiger partial charge in [0.15, 0.2) is 0 Å². The molecule has 0 radical (unpaired) electrons. The number of methoxy groups -OCH3 is 1. The van der Waals surface area contributed by atoms with Crippen molar-refractivity contribution >= 4 is 5.91 Å². The van der Waals surface area contributed by atoms with Crippen molar-refractivity contribution in [1.82, 2.24) is 5.32 Å². The zero-order chi connectivity index (χ0) is 13.8. The van der Waals surface area contributed by atoms with Crippen LogP contribution in [0.2, 0.25) is 0 Å². The van der Waals surface area contributed by atoms with Gasteiger partial charge in [0.25, 0.3) is 5.91 Å². The van der Waals surface area contributed by atoms with Crippen LogP contribution in [0.3, 0.4) is 0 Å². The molecular formula is C14H21NO3. The van der Waals surface area contributed by atoms with Gasteiger partial charge < -0.3 is 15.2 Å². The summed E-state index contributed by atoms with van der Waals surface area (Å²) in [7, 11) is 1.61. The summed E-state index contributed by atoms with van der Waals surface area (Å²) in [5.41, 5.74) is 0.854. The second-order valence-corrected chi connectivity index (χ2v) is 4.99. The van der Waals surface area contributed by atoms with Gasteiger partial charge in [-0.3, -0.25) is 4.79 Å². The number of hydrogen-bond acceptors (Lipinski definition) is 3. The summed E-state index contributed by atoms with van der Waals surface area (Å²) in [6.07, 6.45) is -0.622. The molecule has 1 amide bonds. The van der Waals surface area contributed by atoms with E-state index in [2.05, 4.69) is 5.32 Å². The predicted octanol–water partition coefficient (Wildman–Crippen LogP) is 1.72. The van der Waals surface area contributed by atoms with Crippen molar-refractivity contribution in [3.05, 3.63) is 35.4 Å². The molecule has 0 saturated carbocycles. The third kappa shape index (κ3) is 3.82. The predicted molar refractivity (Wildman–Crippen MR) is 70.4 cm³/mol. The maximum absolute atomic E-state index is 12.1. The number of rotatable bonds is 5. The second kappa shape index (κ2) is 5.98. The highest BCUT2D eigenvalue weighted by Crippen LogP contribution is 2.12. The Hall–Kier alpha value is -1.39. The molecule has 0 aliphatic rings. The van der Waals surface area contributed by atoms with Crippen molar-refractivity contribution in [2.75, 3.05) is 7.11 Å². The smallest absolute Gasteiger partial charge is 0.251 e. The van der Waals surface area contributed by atoms with Gasteiger partial charge in [0.2, 0.25) is 0 Å². The summed E-state index contributed by atoms with van der Waals surface area (Å²) in [6, 6.07) is 7.25. The van der Waals surface area contributed by atoms with Crippen molar-refractivity contribution in [3.63, 3.8) is 0 Å². The van der Waals surface area contributed by atoms with Gasteiger partial charge in [-0.2, -0.15) is 0 Å². The Labute approximate surface area is 108 Å². The number of aliphatic hydroxyl groups excluding tert-OH is 1. The van der Waals surface area contributed by atoms with Gasteiger partial charge in [-0.1, -0.05) is 12.1 Å². The van der Waals surface area contributed by atoms with Gasteiger partial charge in [-0.05, 0) is 38.5 Å². The van der Waals surface area contributed by atoms with Crippen LogP contribution in [-0.2, 0) is 11.3 Å². The molecular weight excluding hydrogens is 230 g/mol. The highest BCUT2D eigenvalue weighted by atomic mass is 16.5. The third-order valence-corrected chi connectivity index (χ3v) is 2.98. The molecule has 0 saturated heterocycles. The number of carbonyl (C=O) groups is 1. The topological polar surface area (TPSA) is 58.6 Å². The molecule has 0 aliphatic carbocycles. The Kier molecular flexibility index (Phi) is 4.87. The largest absolute Gasteiger partial charge is 0.391 e. The molecule has 0 fully saturated rings. The summed E-state index contributed by atoms with van der Waals surface area (Å²) < 4.78 is 5.03. The highest BCUT2D eigenvalue weighted by Gasteiger charge is 2.26. The van der Waals surface area contributed by atoms with Crippen molar-refractivity contribution in [2.45, 2.75) is 39.0 Å². The molecule has 1 unspecified atom stereocenters. The quantitative estimate of drug-likeness (QED) is 0.837. The Morgan fingerprint density at radius 3 is 2.72 bits per heavy atom. The fraction of sp³-hybridized carbons (Fsp3) is 0.500. The standard InChI is InChI=1S/C14H21NO3/c1-10(16)14(2,3)15-13(17)12-7-5-6-11(8-12)9-18-4/h5-8,10,16H,9H2,1-4H3,(H,15,17). The first-order valence-corrected chi connectivity index (χ1v) is 5.95. The van der Waals surface area contributed by atoms with Crippen LogP contribution in [-0.4, -0.2) is 29.8 Å². The minimum Gasteiger partial charge on any atom is -0.391 e. The van der Waals surface area contributed by atoms with Crippen molar-refractivity contribution in [3.8, 4) is 0 Å². The number of benzene rings is 1. The van der Waals surface area contributed by atoms with Gasteiger partial charge in [0.1, 0.15) is 0 Å². The maximum Gasteiger partial charge on any atom is 0.251 e. The molecule has 18 heavy (non-hydrogen) atoms. The van der Waals surface area contributed by atoms with Crippen LogP contribution in [0.15, 0.2) is 24.3 Å². The number of ether oxygens (including phenoxy) is 1. The Balaban J connectivity index is 2.81. The van der Waals surface area contributed by atoms with Gasteiger partial charge in [0.05, 0.1) is 18.2 Å². The first-order valence-electron chi connectivity index (χ1n) is 5.95. The molecule has 1 aromatic rings. The SMILES string of the molecule is COCc1cccc(C(=O)NC(C)(C)C(C)O)c1. The normalized spacial score (nSPS) is 13.2. The van der Waals surface area contributed by atoms with Crippen LogP contribution in [0.25, 0.3) is 0 Å². The first-order chi connectivity index (χ1) is 8.36. The van der Waals surface area contributed by atoms with Crippen LogP contribution in [0.5, 0.6) is 0 Å². The molecule has 4 nitrogen and oxygen atoms in total. The second-order valence-electron chi connectivity index (χ2n) is 4.99. The molecule has 4 heteroatoms. The molecule has 2 N–H and O–H groups in total. The number of carbonyl (C=O) groups excluding carboxylic acids is 1. The van der Waals surface area contributed by atoms with E-state index in [9.17, 15) is 9.90 Å². The zero-order valence-corrected chi connectivity index (χ0v) is 11.4. The van der Waals surface area contributed by atoms with E-state index in [4.69, 9.17) is 4.74 Å². The molecule has 0 aliphatic heterocycles. The van der Waals surface area contributed by atoms with Gasteiger partial charge in [-0.25, -0.2) is 0 Å². The first kappa shape index (κ1) is 14.7. The lowest BCUT2D eigenvalue weighted by atomic mass is 9.98. The summed E-state index contributed by atoms with van der Waals surface area (Å²) >= 11 is 0. The van der Waals surface area contributed by atoms with Crippen molar-refractivity contribution in [1.29, 1.82) is 0 Å². The minimum atomic E-state index is -0.658. The van der Waals surface area contributed by atoms with E-state index in [1.165, 1.54) is 0 Å². The van der Waals surface area contributed by atoms with Gasteiger partial charge in [-0.15, -0.1) is 0 Å². The molecule has 0 spiro atoms. The number of hydrogen-bond donors (Lipinski definition) is 2. The summed E-state index contributed by atoms with van der Waals surface area (Å²) in [4.78, 5) is 12.1. The lowest BCUT2D eigenvalue weighted by molar-refractivity contribution is 0.0709. The molecule has 1 atom stereocenters. The van der Waals surface area contributed by atoms with Crippen LogP contribution >= 0.6 is 0 Å². The van der Waals surface area contributed by atoms with Crippen LogP contribution < -0.4 is 5.32 Å². The van der Waals surface area contributed by atoms with Crippen molar-refractivity contribution in [2.24, 2.45) is 0 Å². The minimum absolute atomic E-state index is 0.196. The fourth-order valence-corrected chi connectivity index (χ4v) is 1.44. The zero-order valence-electron chi connectivity index (χ0n) is 11.4. The average molecular weight is 251 g/mol. The Bertz CT molecular complexity index is 413. The Morgan fingerprint density at radius 2 is 2.17 bits per heavy atom. The maximum atomic E-state index is 12.1. The van der Waals surface area contributed by atoms with Crippen LogP contribution in [0, 0.1) is 0 Å². The molecule has 0 aromatic heterocycles. The highest BCUT2D eigenvalue weighted by molar-refractivity contribution is 5.94. The van der Waals surface area contributed by atoms with Crippen molar-refractivity contribution < 1.29 is 14.6 Å². The number of nitrogens with one attached hydrogen (secondary N) is 1. The van der Waals surface area contributed by atoms with E-state index in [0.717, 1.165) is 5.56 Å². The van der Waals surface area contributed by atoms with E-state index in [1.807, 2.05) is 12.1 Å². The van der Waals surface area contributed by atoms with E-state index >= 15 is 0 Å². The molecule has 0 bridgehead atoms. The van der Waals surface area contributed by atoms with Crippen LogP contribution in [0.4, 0.5) is 0 Å². The van der Waals surface area contributed by atoms with Gasteiger partial charge >= 0.3 is 0 Å². The van der Waals surface area contributed by atoms with E-state index in [0.29, 0.717) is 12.2 Å². The molecule has 0 heterocycles. The average Bonchev–Trinajstić information content (AvgIpc) is 2.29. The Morgan fingerprint density at radius 1 is 1.50 bits per heavy atom. The fourth-order valence-electron chi connectivity index (χ4n) is 1.44. The van der Waals surface area contributed by atoms with E-state index < -0.39 is 11.6 Å². The molecule has 1 rings (SSSR count). The van der Waals surface area contributed by atoms with Gasteiger partial charge in [0, 0.05) is 12.7 Å². The monoisotopic (exact) mass is 251 g/mol. The van der Waals surface area contributed by atoms with E-state index in [1.54, 1.807) is 40.0 Å².